The molecule has 1 aliphatic heterocycles. The molecule has 1 N–H and O–H groups in total. The van der Waals surface area contributed by atoms with Crippen LogP contribution in [0.4, 0.5) is 17.6 Å². The SMILES string of the molecule is CC(C)(O)c1cc(CN(C(=O)Cc2ccc(-c3cc(F)c(F)c(F)c3)cc2F)C2C=CS(=O)(=O)C2)ccn1. The van der Waals surface area contributed by atoms with Crippen LogP contribution < -0.4 is 0 Å². The lowest BCUT2D eigenvalue weighted by Gasteiger charge is -2.28. The topological polar surface area (TPSA) is 87.6 Å². The van der Waals surface area contributed by atoms with Crippen molar-refractivity contribution in [2.45, 2.75) is 38.5 Å². The van der Waals surface area contributed by atoms with Gasteiger partial charge in [0.2, 0.25) is 5.91 Å². The number of pyridine rings is 1. The molecule has 0 saturated carbocycles. The molecule has 1 aromatic heterocycles. The second kappa shape index (κ2) is 10.3. The number of halogens is 4. The molecule has 3 aromatic rings. The van der Waals surface area contributed by atoms with E-state index in [4.69, 9.17) is 0 Å². The summed E-state index contributed by atoms with van der Waals surface area (Å²) in [6.45, 7) is 3.08. The fourth-order valence-corrected chi connectivity index (χ4v) is 5.40. The maximum Gasteiger partial charge on any atom is 0.227 e. The Kier molecular flexibility index (Phi) is 7.44. The Morgan fingerprint density at radius 3 is 2.26 bits per heavy atom. The Morgan fingerprint density at radius 2 is 1.68 bits per heavy atom. The molecule has 0 bridgehead atoms. The molecule has 0 aliphatic carbocycles. The highest BCUT2D eigenvalue weighted by molar-refractivity contribution is 7.94. The molecule has 6 nitrogen and oxygen atoms in total. The normalized spacial score (nSPS) is 16.6. The minimum absolute atomic E-state index is 0.0245. The van der Waals surface area contributed by atoms with Crippen molar-refractivity contribution in [2.24, 2.45) is 0 Å². The smallest absolute Gasteiger partial charge is 0.227 e. The summed E-state index contributed by atoms with van der Waals surface area (Å²) in [4.78, 5) is 18.8. The molecule has 4 rings (SSSR count). The van der Waals surface area contributed by atoms with Crippen LogP contribution in [0.25, 0.3) is 11.1 Å². The number of sulfone groups is 1. The molecule has 1 unspecified atom stereocenters. The molecule has 11 heteroatoms. The second-order valence-electron chi connectivity index (χ2n) is 9.59. The molecule has 2 aromatic carbocycles. The lowest BCUT2D eigenvalue weighted by Crippen LogP contribution is -2.41. The number of carbonyl (C=O) groups excluding carboxylic acids is 1. The third kappa shape index (κ3) is 6.11. The van der Waals surface area contributed by atoms with Gasteiger partial charge in [-0.05, 0) is 72.5 Å². The molecule has 1 atom stereocenters. The zero-order valence-corrected chi connectivity index (χ0v) is 21.3. The van der Waals surface area contributed by atoms with Gasteiger partial charge in [0, 0.05) is 18.1 Å². The summed E-state index contributed by atoms with van der Waals surface area (Å²) < 4.78 is 79.6. The van der Waals surface area contributed by atoms with Crippen LogP contribution in [0.15, 0.2) is 60.1 Å². The number of carbonyl (C=O) groups is 1. The van der Waals surface area contributed by atoms with Gasteiger partial charge in [0.05, 0.1) is 23.9 Å². The van der Waals surface area contributed by atoms with E-state index in [0.29, 0.717) is 11.3 Å². The summed E-state index contributed by atoms with van der Waals surface area (Å²) in [5.41, 5.74) is -0.339. The van der Waals surface area contributed by atoms with E-state index in [1.54, 1.807) is 26.0 Å². The predicted octanol–water partition coefficient (Wildman–Crippen LogP) is 4.41. The van der Waals surface area contributed by atoms with Crippen LogP contribution in [0.1, 0.15) is 30.7 Å². The molecule has 0 saturated heterocycles. The molecule has 2 heterocycles. The minimum atomic E-state index is -3.51. The largest absolute Gasteiger partial charge is 0.384 e. The second-order valence-corrected chi connectivity index (χ2v) is 11.5. The number of aromatic nitrogens is 1. The Bertz CT molecular complexity index is 1510. The molecule has 0 radical (unpaired) electrons. The fraction of sp³-hybridized carbons (Fsp3) is 0.259. The van der Waals surface area contributed by atoms with Crippen LogP contribution in [0.5, 0.6) is 0 Å². The first-order chi connectivity index (χ1) is 17.7. The van der Waals surface area contributed by atoms with Crippen molar-refractivity contribution in [3.05, 3.63) is 100 Å². The van der Waals surface area contributed by atoms with Crippen molar-refractivity contribution < 1.29 is 35.9 Å². The average Bonchev–Trinajstić information content (AvgIpc) is 3.20. The van der Waals surface area contributed by atoms with E-state index in [1.807, 2.05) is 0 Å². The Labute approximate surface area is 217 Å². The predicted molar refractivity (Wildman–Crippen MR) is 132 cm³/mol. The van der Waals surface area contributed by atoms with Gasteiger partial charge in [0.25, 0.3) is 0 Å². The third-order valence-corrected chi connectivity index (χ3v) is 7.53. The van der Waals surface area contributed by atoms with Crippen LogP contribution >= 0.6 is 0 Å². The van der Waals surface area contributed by atoms with E-state index in [2.05, 4.69) is 4.98 Å². The van der Waals surface area contributed by atoms with E-state index < -0.39 is 57.1 Å². The van der Waals surface area contributed by atoms with Gasteiger partial charge in [0.1, 0.15) is 11.4 Å². The number of hydrogen-bond donors (Lipinski definition) is 1. The number of hydrogen-bond acceptors (Lipinski definition) is 5. The van der Waals surface area contributed by atoms with Gasteiger partial charge in [-0.25, -0.2) is 26.0 Å². The zero-order valence-electron chi connectivity index (χ0n) is 20.5. The first-order valence-corrected chi connectivity index (χ1v) is 13.3. The molecule has 0 fully saturated rings. The number of nitrogens with zero attached hydrogens (tertiary/aromatic N) is 2. The first-order valence-electron chi connectivity index (χ1n) is 11.5. The van der Waals surface area contributed by atoms with E-state index in [0.717, 1.165) is 23.6 Å². The average molecular weight is 549 g/mol. The Hall–Kier alpha value is -3.57. The molecule has 1 amide bonds. The standard InChI is InChI=1S/C27H24F4N2O4S/c1-27(2,35)24-9-16(5-7-32-24)14-33(20-6-8-38(36,37)15-20)25(34)13-18-4-3-17(10-21(18)28)19-11-22(29)26(31)23(30)12-19/h3-12,20,35H,13-15H2,1-2H3. The quantitative estimate of drug-likeness (QED) is 0.349. The molecular weight excluding hydrogens is 524 g/mol. The highest BCUT2D eigenvalue weighted by atomic mass is 32.2. The van der Waals surface area contributed by atoms with Crippen LogP contribution in [0, 0.1) is 23.3 Å². The zero-order chi connectivity index (χ0) is 27.8. The van der Waals surface area contributed by atoms with Crippen molar-refractivity contribution in [3.63, 3.8) is 0 Å². The van der Waals surface area contributed by atoms with Crippen molar-refractivity contribution in [3.8, 4) is 11.1 Å². The molecule has 0 spiro atoms. The van der Waals surface area contributed by atoms with E-state index in [1.165, 1.54) is 29.3 Å². The molecule has 38 heavy (non-hydrogen) atoms. The van der Waals surface area contributed by atoms with Crippen molar-refractivity contribution in [2.75, 3.05) is 5.75 Å². The summed E-state index contributed by atoms with van der Waals surface area (Å²) >= 11 is 0. The molecule has 200 valence electrons. The van der Waals surface area contributed by atoms with Gasteiger partial charge in [-0.15, -0.1) is 0 Å². The Morgan fingerprint density at radius 1 is 1.03 bits per heavy atom. The van der Waals surface area contributed by atoms with Crippen LogP contribution in [-0.4, -0.2) is 41.1 Å². The van der Waals surface area contributed by atoms with Gasteiger partial charge >= 0.3 is 0 Å². The number of benzene rings is 2. The fourth-order valence-electron chi connectivity index (χ4n) is 4.10. The highest BCUT2D eigenvalue weighted by Crippen LogP contribution is 2.27. The molecular formula is C27H24F4N2O4S. The summed E-state index contributed by atoms with van der Waals surface area (Å²) in [6.07, 6.45) is 2.43. The first kappa shape index (κ1) is 27.5. The van der Waals surface area contributed by atoms with Crippen LogP contribution in [0.3, 0.4) is 0 Å². The van der Waals surface area contributed by atoms with Gasteiger partial charge in [0.15, 0.2) is 27.3 Å². The summed E-state index contributed by atoms with van der Waals surface area (Å²) in [5.74, 6) is -6.20. The lowest BCUT2D eigenvalue weighted by molar-refractivity contribution is -0.132. The number of rotatable bonds is 7. The Balaban J connectivity index is 1.61. The van der Waals surface area contributed by atoms with Crippen molar-refractivity contribution in [1.29, 1.82) is 0 Å². The van der Waals surface area contributed by atoms with Crippen LogP contribution in [-0.2, 0) is 33.2 Å². The summed E-state index contributed by atoms with van der Waals surface area (Å²) in [7, 11) is -3.51. The van der Waals surface area contributed by atoms with Gasteiger partial charge < -0.3 is 10.0 Å². The van der Waals surface area contributed by atoms with Crippen molar-refractivity contribution >= 4 is 15.7 Å². The van der Waals surface area contributed by atoms with Gasteiger partial charge in [-0.1, -0.05) is 12.1 Å². The van der Waals surface area contributed by atoms with E-state index in [-0.39, 0.29) is 29.0 Å². The lowest BCUT2D eigenvalue weighted by atomic mass is 10.0. The molecule has 1 aliphatic rings. The maximum atomic E-state index is 15.0. The van der Waals surface area contributed by atoms with E-state index >= 15 is 0 Å². The summed E-state index contributed by atoms with van der Waals surface area (Å²) in [6, 6.07) is 7.52. The van der Waals surface area contributed by atoms with E-state index in [9.17, 15) is 35.9 Å². The number of aliphatic hydroxyl groups is 1. The van der Waals surface area contributed by atoms with Crippen molar-refractivity contribution in [1.82, 2.24) is 9.88 Å². The maximum absolute atomic E-state index is 15.0. The van der Waals surface area contributed by atoms with Crippen LogP contribution in [0.2, 0.25) is 0 Å². The summed E-state index contributed by atoms with van der Waals surface area (Å²) in [5, 5.41) is 11.3. The van der Waals surface area contributed by atoms with Gasteiger partial charge in [-0.2, -0.15) is 0 Å². The number of amides is 1. The highest BCUT2D eigenvalue weighted by Gasteiger charge is 2.31. The third-order valence-electron chi connectivity index (χ3n) is 6.15. The van der Waals surface area contributed by atoms with Gasteiger partial charge in [-0.3, -0.25) is 9.78 Å². The monoisotopic (exact) mass is 548 g/mol. The minimum Gasteiger partial charge on any atom is -0.384 e.